The molecule has 0 spiro atoms. The Balaban J connectivity index is 1.52. The van der Waals surface area contributed by atoms with E-state index in [1.165, 1.54) is 0 Å². The van der Waals surface area contributed by atoms with Crippen LogP contribution in [0.3, 0.4) is 0 Å². The van der Waals surface area contributed by atoms with Crippen LogP contribution in [0.15, 0.2) is 18.2 Å². The van der Waals surface area contributed by atoms with E-state index in [0.29, 0.717) is 25.7 Å². The quantitative estimate of drug-likeness (QED) is 0.727. The molecule has 3 rings (SSSR count). The molecular weight excluding hydrogens is 390 g/mol. The van der Waals surface area contributed by atoms with Crippen LogP contribution in [0.25, 0.3) is 0 Å². The zero-order valence-electron chi connectivity index (χ0n) is 16.0. The molecule has 0 unspecified atom stereocenters. The van der Waals surface area contributed by atoms with E-state index >= 15 is 0 Å². The lowest BCUT2D eigenvalue weighted by atomic mass is 9.96. The van der Waals surface area contributed by atoms with Crippen molar-refractivity contribution < 1.29 is 27.2 Å². The van der Waals surface area contributed by atoms with Crippen molar-refractivity contribution in [2.45, 2.75) is 44.6 Å². The summed E-state index contributed by atoms with van der Waals surface area (Å²) in [5, 5.41) is 5.85. The smallest absolute Gasteiger partial charge is 0.352 e. The number of alkyl halides is 4. The van der Waals surface area contributed by atoms with Crippen LogP contribution in [-0.4, -0.2) is 48.9 Å². The molecule has 0 radical (unpaired) electrons. The average Bonchev–Trinajstić information content (AvgIpc) is 3.25. The van der Waals surface area contributed by atoms with Crippen molar-refractivity contribution >= 4 is 11.8 Å². The summed E-state index contributed by atoms with van der Waals surface area (Å²) < 4.78 is 51.7. The Kier molecular flexibility index (Phi) is 6.77. The molecule has 29 heavy (non-hydrogen) atoms. The van der Waals surface area contributed by atoms with E-state index < -0.39 is 24.3 Å². The third-order valence-electron chi connectivity index (χ3n) is 5.57. The number of nitrogens with zero attached hydrogens (tertiary/aromatic N) is 1. The number of benzene rings is 1. The normalized spacial score (nSPS) is 20.7. The van der Waals surface area contributed by atoms with Gasteiger partial charge in [-0.15, -0.1) is 0 Å². The maximum atomic E-state index is 12.9. The second-order valence-electron chi connectivity index (χ2n) is 7.68. The van der Waals surface area contributed by atoms with Gasteiger partial charge in [0.25, 0.3) is 5.91 Å². The highest BCUT2D eigenvalue weighted by Crippen LogP contribution is 2.31. The molecule has 1 aromatic rings. The lowest BCUT2D eigenvalue weighted by Crippen LogP contribution is -2.48. The first kappa shape index (κ1) is 21.5. The zero-order valence-corrected chi connectivity index (χ0v) is 16.0. The maximum Gasteiger partial charge on any atom is 0.416 e. The van der Waals surface area contributed by atoms with E-state index in [4.69, 9.17) is 0 Å². The molecule has 5 nitrogen and oxygen atoms in total. The number of carbonyl (C=O) groups is 2. The van der Waals surface area contributed by atoms with Crippen molar-refractivity contribution in [3.8, 4) is 0 Å². The number of hydrogen-bond donors (Lipinski definition) is 2. The summed E-state index contributed by atoms with van der Waals surface area (Å²) in [7, 11) is 0. The monoisotopic (exact) mass is 415 g/mol. The Morgan fingerprint density at radius 3 is 2.45 bits per heavy atom. The molecule has 2 amide bonds. The molecule has 2 heterocycles. The third-order valence-corrected chi connectivity index (χ3v) is 5.57. The molecule has 2 fully saturated rings. The van der Waals surface area contributed by atoms with Gasteiger partial charge in [0.05, 0.1) is 11.6 Å². The van der Waals surface area contributed by atoms with E-state index in [2.05, 4.69) is 10.6 Å². The summed E-state index contributed by atoms with van der Waals surface area (Å²) in [6, 6.07) is 2.49. The summed E-state index contributed by atoms with van der Waals surface area (Å²) in [5.41, 5.74) is -1.42. The topological polar surface area (TPSA) is 61.4 Å². The van der Waals surface area contributed by atoms with Crippen LogP contribution in [0.2, 0.25) is 0 Å². The van der Waals surface area contributed by atoms with Gasteiger partial charge in [0.15, 0.2) is 0 Å². The SMILES string of the molecule is O=C(NCC1CCN(C(=O)[C@H]2CCCN2)CC1)c1cc(CF)cc(C(F)(F)F)c1. The molecule has 0 saturated carbocycles. The van der Waals surface area contributed by atoms with Crippen molar-refractivity contribution in [2.75, 3.05) is 26.2 Å². The van der Waals surface area contributed by atoms with Gasteiger partial charge in [0.2, 0.25) is 5.91 Å². The predicted molar refractivity (Wildman–Crippen MR) is 98.9 cm³/mol. The van der Waals surface area contributed by atoms with Crippen molar-refractivity contribution in [1.29, 1.82) is 0 Å². The standard InChI is InChI=1S/C20H25F4N3O2/c21-11-14-8-15(10-16(9-14)20(22,23)24)18(28)26-12-13-3-6-27(7-4-13)19(29)17-2-1-5-25-17/h8-10,13,17,25H,1-7,11-12H2,(H,26,28)/t17-/m1/s1. The predicted octanol–water partition coefficient (Wildman–Crippen LogP) is 2.90. The van der Waals surface area contributed by atoms with Crippen LogP contribution in [0.5, 0.6) is 0 Å². The second-order valence-corrected chi connectivity index (χ2v) is 7.68. The number of hydrogen-bond acceptors (Lipinski definition) is 3. The molecule has 2 saturated heterocycles. The van der Waals surface area contributed by atoms with Gasteiger partial charge in [0.1, 0.15) is 6.67 Å². The molecule has 2 N–H and O–H groups in total. The fourth-order valence-electron chi connectivity index (χ4n) is 3.88. The third kappa shape index (κ3) is 5.46. The zero-order chi connectivity index (χ0) is 21.0. The first-order valence-electron chi connectivity index (χ1n) is 9.85. The minimum Gasteiger partial charge on any atom is -0.352 e. The number of carbonyl (C=O) groups excluding carboxylic acids is 2. The van der Waals surface area contributed by atoms with Crippen LogP contribution in [0.1, 0.15) is 47.2 Å². The van der Waals surface area contributed by atoms with Gasteiger partial charge < -0.3 is 15.5 Å². The van der Waals surface area contributed by atoms with Gasteiger partial charge in [0, 0.05) is 25.2 Å². The summed E-state index contributed by atoms with van der Waals surface area (Å²) >= 11 is 0. The summed E-state index contributed by atoms with van der Waals surface area (Å²) in [6.45, 7) is 1.30. The van der Waals surface area contributed by atoms with Crippen LogP contribution in [0, 0.1) is 5.92 Å². The van der Waals surface area contributed by atoms with Crippen molar-refractivity contribution in [3.63, 3.8) is 0 Å². The summed E-state index contributed by atoms with van der Waals surface area (Å²) in [5.74, 6) is -0.391. The van der Waals surface area contributed by atoms with Crippen LogP contribution in [-0.2, 0) is 17.6 Å². The molecule has 2 aliphatic heterocycles. The van der Waals surface area contributed by atoms with Crippen molar-refractivity contribution in [1.82, 2.24) is 15.5 Å². The highest BCUT2D eigenvalue weighted by Gasteiger charge is 2.32. The Hall–Kier alpha value is -2.16. The molecule has 160 valence electrons. The first-order chi connectivity index (χ1) is 13.8. The second kappa shape index (κ2) is 9.11. The number of rotatable bonds is 5. The van der Waals surface area contributed by atoms with Gasteiger partial charge in [-0.2, -0.15) is 13.2 Å². The van der Waals surface area contributed by atoms with E-state index in [1.54, 1.807) is 0 Å². The minimum absolute atomic E-state index is 0.100. The van der Waals surface area contributed by atoms with Crippen molar-refractivity contribution in [3.05, 3.63) is 34.9 Å². The minimum atomic E-state index is -4.65. The summed E-state index contributed by atoms with van der Waals surface area (Å²) in [6.07, 6.45) is -1.35. The molecule has 0 aliphatic carbocycles. The number of piperidine rings is 1. The molecule has 1 aromatic carbocycles. The molecular formula is C20H25F4N3O2. The van der Waals surface area contributed by atoms with E-state index in [-0.39, 0.29) is 29.0 Å². The van der Waals surface area contributed by atoms with Crippen LogP contribution < -0.4 is 10.6 Å². The van der Waals surface area contributed by atoms with E-state index in [0.717, 1.165) is 44.4 Å². The molecule has 0 bridgehead atoms. The van der Waals surface area contributed by atoms with Gasteiger partial charge in [-0.3, -0.25) is 9.59 Å². The van der Waals surface area contributed by atoms with Crippen LogP contribution in [0.4, 0.5) is 17.6 Å². The van der Waals surface area contributed by atoms with Crippen LogP contribution >= 0.6 is 0 Å². The number of amides is 2. The Morgan fingerprint density at radius 1 is 1.14 bits per heavy atom. The lowest BCUT2D eigenvalue weighted by Gasteiger charge is -2.33. The number of nitrogens with one attached hydrogen (secondary N) is 2. The van der Waals surface area contributed by atoms with Gasteiger partial charge in [-0.25, -0.2) is 4.39 Å². The fourth-order valence-corrected chi connectivity index (χ4v) is 3.88. The first-order valence-corrected chi connectivity index (χ1v) is 9.85. The van der Waals surface area contributed by atoms with Crippen molar-refractivity contribution in [2.24, 2.45) is 5.92 Å². The molecule has 1 atom stereocenters. The molecule has 2 aliphatic rings. The lowest BCUT2D eigenvalue weighted by molar-refractivity contribution is -0.137. The maximum absolute atomic E-state index is 12.9. The summed E-state index contributed by atoms with van der Waals surface area (Å²) in [4.78, 5) is 26.5. The molecule has 0 aromatic heterocycles. The van der Waals surface area contributed by atoms with Gasteiger partial charge >= 0.3 is 6.18 Å². The average molecular weight is 415 g/mol. The Bertz CT molecular complexity index is 740. The van der Waals surface area contributed by atoms with E-state index in [1.807, 2.05) is 4.90 Å². The highest BCUT2D eigenvalue weighted by molar-refractivity contribution is 5.94. The highest BCUT2D eigenvalue weighted by atomic mass is 19.4. The number of halogens is 4. The fraction of sp³-hybridized carbons (Fsp3) is 0.600. The molecule has 9 heteroatoms. The van der Waals surface area contributed by atoms with Gasteiger partial charge in [-0.1, -0.05) is 0 Å². The largest absolute Gasteiger partial charge is 0.416 e. The van der Waals surface area contributed by atoms with E-state index in [9.17, 15) is 27.2 Å². The van der Waals surface area contributed by atoms with Gasteiger partial charge in [-0.05, 0) is 61.9 Å². The Morgan fingerprint density at radius 2 is 1.86 bits per heavy atom. The Labute approximate surface area is 166 Å². The number of likely N-dealkylation sites (tertiary alicyclic amines) is 1.